The lowest BCUT2D eigenvalue weighted by atomic mass is 10.1. The second-order valence-corrected chi connectivity index (χ2v) is 3.70. The molecule has 4 heteroatoms. The summed E-state index contributed by atoms with van der Waals surface area (Å²) in [5, 5.41) is 9.63. The lowest BCUT2D eigenvalue weighted by molar-refractivity contribution is 0.467. The van der Waals surface area contributed by atoms with E-state index in [1.165, 1.54) is 0 Å². The Kier molecular flexibility index (Phi) is 4.66. The van der Waals surface area contributed by atoms with Gasteiger partial charge >= 0.3 is 0 Å². The van der Waals surface area contributed by atoms with E-state index in [0.717, 1.165) is 16.8 Å². The van der Waals surface area contributed by atoms with Crippen LogP contribution in [0.15, 0.2) is 24.4 Å². The van der Waals surface area contributed by atoms with Crippen molar-refractivity contribution in [1.82, 2.24) is 9.97 Å². The maximum absolute atomic E-state index is 9.63. The average Bonchev–Trinajstić information content (AvgIpc) is 2.37. The van der Waals surface area contributed by atoms with Gasteiger partial charge in [-0.2, -0.15) is 0 Å². The van der Waals surface area contributed by atoms with Crippen molar-refractivity contribution in [2.45, 2.75) is 27.7 Å². The maximum atomic E-state index is 9.63. The molecule has 0 saturated carbocycles. The highest BCUT2D eigenvalue weighted by molar-refractivity contribution is 5.67. The lowest BCUT2D eigenvalue weighted by Gasteiger charge is -2.07. The predicted octanol–water partition coefficient (Wildman–Crippen LogP) is 3.07. The second-order valence-electron chi connectivity index (χ2n) is 3.70. The normalized spacial score (nSPS) is 9.56. The van der Waals surface area contributed by atoms with E-state index in [0.29, 0.717) is 11.5 Å². The minimum Gasteiger partial charge on any atom is -0.506 e. The van der Waals surface area contributed by atoms with Crippen molar-refractivity contribution >= 4 is 5.82 Å². The van der Waals surface area contributed by atoms with Crippen molar-refractivity contribution in [2.75, 3.05) is 5.73 Å². The minimum absolute atomic E-state index is 0.192. The van der Waals surface area contributed by atoms with Crippen LogP contribution in [0.5, 0.6) is 5.75 Å². The smallest absolute Gasteiger partial charge is 0.137 e. The molecule has 0 radical (unpaired) electrons. The van der Waals surface area contributed by atoms with Crippen molar-refractivity contribution in [2.24, 2.45) is 0 Å². The third-order valence-corrected chi connectivity index (χ3v) is 2.47. The fourth-order valence-corrected chi connectivity index (χ4v) is 1.57. The molecule has 3 N–H and O–H groups in total. The van der Waals surface area contributed by atoms with Crippen molar-refractivity contribution in [1.29, 1.82) is 0 Å². The Balaban J connectivity index is 0.000000771. The zero-order chi connectivity index (χ0) is 13.7. The van der Waals surface area contributed by atoms with Gasteiger partial charge in [0.05, 0.1) is 5.69 Å². The van der Waals surface area contributed by atoms with Gasteiger partial charge in [-0.15, -0.1) is 0 Å². The fourth-order valence-electron chi connectivity index (χ4n) is 1.57. The first kappa shape index (κ1) is 14.0. The standard InChI is InChI=1S/C12H13N3O.C2H6/c1-7-10(5-11(16)8(2)15-7)9-3-4-12(13)14-6-9;1-2/h3-6,16H,1-2H3,(H2,13,14);1-2H3. The molecule has 18 heavy (non-hydrogen) atoms. The summed E-state index contributed by atoms with van der Waals surface area (Å²) in [4.78, 5) is 8.28. The molecule has 2 heterocycles. The van der Waals surface area contributed by atoms with E-state index >= 15 is 0 Å². The van der Waals surface area contributed by atoms with Crippen LogP contribution in [0.2, 0.25) is 0 Å². The highest BCUT2D eigenvalue weighted by Crippen LogP contribution is 2.27. The fraction of sp³-hybridized carbons (Fsp3) is 0.286. The molecule has 96 valence electrons. The molecule has 0 atom stereocenters. The lowest BCUT2D eigenvalue weighted by Crippen LogP contribution is -1.93. The third kappa shape index (κ3) is 2.97. The summed E-state index contributed by atoms with van der Waals surface area (Å²) < 4.78 is 0. The van der Waals surface area contributed by atoms with Crippen molar-refractivity contribution in [3.63, 3.8) is 0 Å². The summed E-state index contributed by atoms with van der Waals surface area (Å²) in [6, 6.07) is 5.29. The van der Waals surface area contributed by atoms with Crippen LogP contribution in [0, 0.1) is 13.8 Å². The highest BCUT2D eigenvalue weighted by Gasteiger charge is 2.07. The van der Waals surface area contributed by atoms with E-state index < -0.39 is 0 Å². The highest BCUT2D eigenvalue weighted by atomic mass is 16.3. The van der Waals surface area contributed by atoms with Gasteiger partial charge in [0.15, 0.2) is 0 Å². The number of aromatic nitrogens is 2. The number of nitrogens with two attached hydrogens (primary N) is 1. The van der Waals surface area contributed by atoms with Gasteiger partial charge in [0.25, 0.3) is 0 Å². The Bertz CT molecular complexity index is 521. The van der Waals surface area contributed by atoms with Gasteiger partial charge in [-0.05, 0) is 32.0 Å². The van der Waals surface area contributed by atoms with Crippen molar-refractivity contribution in [3.05, 3.63) is 35.8 Å². The number of nitrogen functional groups attached to an aromatic ring is 1. The number of anilines is 1. The summed E-state index contributed by atoms with van der Waals surface area (Å²) in [5.41, 5.74) is 8.78. The van der Waals surface area contributed by atoms with Crippen LogP contribution in [-0.4, -0.2) is 15.1 Å². The molecule has 0 amide bonds. The Hall–Kier alpha value is -2.10. The van der Waals surface area contributed by atoms with Gasteiger partial charge in [-0.25, -0.2) is 4.98 Å². The molecule has 0 aromatic carbocycles. The maximum Gasteiger partial charge on any atom is 0.137 e. The Morgan fingerprint density at radius 1 is 1.11 bits per heavy atom. The van der Waals surface area contributed by atoms with E-state index in [4.69, 9.17) is 5.73 Å². The topological polar surface area (TPSA) is 72.0 Å². The molecule has 2 rings (SSSR count). The Labute approximate surface area is 108 Å². The summed E-state index contributed by atoms with van der Waals surface area (Å²) >= 11 is 0. The average molecular weight is 245 g/mol. The number of aryl methyl sites for hydroxylation is 2. The molecule has 2 aromatic heterocycles. The van der Waals surface area contributed by atoms with Crippen LogP contribution in [0.4, 0.5) is 5.82 Å². The van der Waals surface area contributed by atoms with Gasteiger partial charge in [0.1, 0.15) is 11.6 Å². The van der Waals surface area contributed by atoms with Gasteiger partial charge < -0.3 is 10.8 Å². The molecule has 0 bridgehead atoms. The van der Waals surface area contributed by atoms with E-state index in [-0.39, 0.29) is 5.75 Å². The Morgan fingerprint density at radius 2 is 1.78 bits per heavy atom. The molecule has 0 aliphatic rings. The number of hydrogen-bond donors (Lipinski definition) is 2. The van der Waals surface area contributed by atoms with Crippen LogP contribution >= 0.6 is 0 Å². The predicted molar refractivity (Wildman–Crippen MR) is 74.4 cm³/mol. The molecule has 0 spiro atoms. The zero-order valence-electron chi connectivity index (χ0n) is 11.2. The van der Waals surface area contributed by atoms with Gasteiger partial charge in [-0.3, -0.25) is 4.98 Å². The van der Waals surface area contributed by atoms with E-state index in [1.807, 2.05) is 26.8 Å². The molecule has 0 fully saturated rings. The number of nitrogens with zero attached hydrogens (tertiary/aromatic N) is 2. The largest absolute Gasteiger partial charge is 0.506 e. The van der Waals surface area contributed by atoms with Crippen LogP contribution in [0.3, 0.4) is 0 Å². The number of pyridine rings is 2. The quantitative estimate of drug-likeness (QED) is 0.809. The Morgan fingerprint density at radius 3 is 2.33 bits per heavy atom. The molecule has 4 nitrogen and oxygen atoms in total. The van der Waals surface area contributed by atoms with Gasteiger partial charge in [-0.1, -0.05) is 13.8 Å². The molecule has 0 unspecified atom stereocenters. The van der Waals surface area contributed by atoms with Crippen molar-refractivity contribution in [3.8, 4) is 16.9 Å². The number of aromatic hydroxyl groups is 1. The van der Waals surface area contributed by atoms with E-state index in [1.54, 1.807) is 25.3 Å². The summed E-state index contributed by atoms with van der Waals surface area (Å²) in [5.74, 6) is 0.670. The SMILES string of the molecule is CC.Cc1nc(C)c(-c2ccc(N)nc2)cc1O. The molecular formula is C14H19N3O. The van der Waals surface area contributed by atoms with Gasteiger partial charge in [0, 0.05) is 23.0 Å². The van der Waals surface area contributed by atoms with Crippen LogP contribution in [0.25, 0.3) is 11.1 Å². The summed E-state index contributed by atoms with van der Waals surface area (Å²) in [6.07, 6.45) is 1.67. The second kappa shape index (κ2) is 6.00. The number of hydrogen-bond acceptors (Lipinski definition) is 4. The number of rotatable bonds is 1. The van der Waals surface area contributed by atoms with Crippen LogP contribution < -0.4 is 5.73 Å². The molecule has 0 saturated heterocycles. The first-order chi connectivity index (χ1) is 8.58. The first-order valence-electron chi connectivity index (χ1n) is 5.97. The van der Waals surface area contributed by atoms with Crippen LogP contribution in [0.1, 0.15) is 25.2 Å². The van der Waals surface area contributed by atoms with E-state index in [2.05, 4.69) is 9.97 Å². The van der Waals surface area contributed by atoms with Crippen LogP contribution in [-0.2, 0) is 0 Å². The third-order valence-electron chi connectivity index (χ3n) is 2.47. The zero-order valence-corrected chi connectivity index (χ0v) is 11.2. The van der Waals surface area contributed by atoms with E-state index in [9.17, 15) is 5.11 Å². The monoisotopic (exact) mass is 245 g/mol. The van der Waals surface area contributed by atoms with Gasteiger partial charge in [0.2, 0.25) is 0 Å². The molecule has 2 aromatic rings. The molecule has 0 aliphatic heterocycles. The molecular weight excluding hydrogens is 226 g/mol. The summed E-state index contributed by atoms with van der Waals surface area (Å²) in [6.45, 7) is 7.67. The summed E-state index contributed by atoms with van der Waals surface area (Å²) in [7, 11) is 0. The van der Waals surface area contributed by atoms with Crippen molar-refractivity contribution < 1.29 is 5.11 Å². The minimum atomic E-state index is 0.192. The molecule has 0 aliphatic carbocycles. The first-order valence-corrected chi connectivity index (χ1v) is 5.97.